The summed E-state index contributed by atoms with van der Waals surface area (Å²) in [5.74, 6) is 0.0581. The Morgan fingerprint density at radius 2 is 2.17 bits per heavy atom. The van der Waals surface area contributed by atoms with Crippen molar-refractivity contribution in [1.82, 2.24) is 9.97 Å². The highest BCUT2D eigenvalue weighted by Gasteiger charge is 2.09. The van der Waals surface area contributed by atoms with E-state index in [1.165, 1.54) is 6.20 Å². The number of aromatic amines is 1. The van der Waals surface area contributed by atoms with Gasteiger partial charge in [0.15, 0.2) is 0 Å². The van der Waals surface area contributed by atoms with E-state index in [2.05, 4.69) is 9.97 Å². The van der Waals surface area contributed by atoms with Crippen LogP contribution >= 0.6 is 0 Å². The average molecular weight is 238 g/mol. The van der Waals surface area contributed by atoms with E-state index >= 15 is 0 Å². The monoisotopic (exact) mass is 238 g/mol. The predicted molar refractivity (Wildman–Crippen MR) is 67.5 cm³/mol. The molecule has 18 heavy (non-hydrogen) atoms. The zero-order valence-corrected chi connectivity index (χ0v) is 9.46. The number of nitrogens with one attached hydrogen (secondary N) is 1. The van der Waals surface area contributed by atoms with Gasteiger partial charge in [-0.2, -0.15) is 0 Å². The van der Waals surface area contributed by atoms with Gasteiger partial charge in [-0.3, -0.25) is 4.98 Å². The van der Waals surface area contributed by atoms with Crippen LogP contribution in [0, 0.1) is 0 Å². The molecule has 3 rings (SSSR count). The maximum Gasteiger partial charge on any atom is 0.343 e. The molecular weight excluding hydrogens is 228 g/mol. The fraction of sp³-hybridized carbons (Fsp3) is 0. The minimum Gasteiger partial charge on any atom is -0.421 e. The second-order valence-electron chi connectivity index (χ2n) is 3.86. The molecule has 88 valence electrons. The van der Waals surface area contributed by atoms with Crippen LogP contribution in [0.15, 0.2) is 55.0 Å². The Hall–Kier alpha value is -2.62. The van der Waals surface area contributed by atoms with Gasteiger partial charge in [0.2, 0.25) is 0 Å². The summed E-state index contributed by atoms with van der Waals surface area (Å²) in [7, 11) is 0. The number of aromatic nitrogens is 2. The number of nitrogens with zero attached hydrogens (tertiary/aromatic N) is 1. The molecule has 0 bridgehead atoms. The zero-order chi connectivity index (χ0) is 12.4. The summed E-state index contributed by atoms with van der Waals surface area (Å²) < 4.78 is 5.21. The third-order valence-corrected chi connectivity index (χ3v) is 2.63. The van der Waals surface area contributed by atoms with E-state index in [0.717, 1.165) is 10.9 Å². The van der Waals surface area contributed by atoms with Crippen LogP contribution in [0.2, 0.25) is 0 Å². The van der Waals surface area contributed by atoms with Crippen LogP contribution in [0.5, 0.6) is 5.75 Å². The number of fused-ring (bicyclic) bond motifs is 1. The van der Waals surface area contributed by atoms with Gasteiger partial charge in [0.1, 0.15) is 5.75 Å². The first-order chi connectivity index (χ1) is 8.83. The first kappa shape index (κ1) is 10.5. The second-order valence-corrected chi connectivity index (χ2v) is 3.86. The van der Waals surface area contributed by atoms with Crippen LogP contribution in [0.25, 0.3) is 10.9 Å². The van der Waals surface area contributed by atoms with Crippen LogP contribution in [0.3, 0.4) is 0 Å². The number of rotatable bonds is 2. The van der Waals surface area contributed by atoms with Crippen molar-refractivity contribution in [2.75, 3.05) is 0 Å². The topological polar surface area (TPSA) is 55.0 Å². The quantitative estimate of drug-likeness (QED) is 0.698. The molecule has 0 aliphatic rings. The molecule has 0 atom stereocenters. The van der Waals surface area contributed by atoms with E-state index in [1.54, 1.807) is 30.5 Å². The van der Waals surface area contributed by atoms with Crippen molar-refractivity contribution < 1.29 is 9.53 Å². The number of H-pyrrole nitrogens is 1. The van der Waals surface area contributed by atoms with Crippen molar-refractivity contribution in [2.24, 2.45) is 0 Å². The third kappa shape index (κ3) is 1.96. The zero-order valence-electron chi connectivity index (χ0n) is 9.46. The average Bonchev–Trinajstić information content (AvgIpc) is 2.87. The highest BCUT2D eigenvalue weighted by atomic mass is 16.5. The van der Waals surface area contributed by atoms with Crippen molar-refractivity contribution in [1.29, 1.82) is 0 Å². The van der Waals surface area contributed by atoms with Gasteiger partial charge < -0.3 is 9.72 Å². The van der Waals surface area contributed by atoms with Crippen LogP contribution in [-0.2, 0) is 0 Å². The number of hydrogen-bond acceptors (Lipinski definition) is 3. The smallest absolute Gasteiger partial charge is 0.343 e. The summed E-state index contributed by atoms with van der Waals surface area (Å²) in [4.78, 5) is 18.9. The second kappa shape index (κ2) is 4.33. The summed E-state index contributed by atoms with van der Waals surface area (Å²) in [5.41, 5.74) is 1.51. The molecule has 0 amide bonds. The molecule has 2 aromatic heterocycles. The van der Waals surface area contributed by atoms with Gasteiger partial charge in [-0.1, -0.05) is 0 Å². The number of esters is 1. The lowest BCUT2D eigenvalue weighted by atomic mass is 10.1. The molecule has 1 N–H and O–H groups in total. The Kier molecular flexibility index (Phi) is 2.53. The molecule has 0 unspecified atom stereocenters. The van der Waals surface area contributed by atoms with Crippen LogP contribution < -0.4 is 4.74 Å². The normalized spacial score (nSPS) is 10.4. The maximum atomic E-state index is 11.9. The SMILES string of the molecule is O=C(Oc1cccnc1)c1ccc2[nH]ccc2c1. The van der Waals surface area contributed by atoms with Crippen molar-refractivity contribution >= 4 is 16.9 Å². The molecule has 0 aliphatic heterocycles. The van der Waals surface area contributed by atoms with Crippen LogP contribution in [0.1, 0.15) is 10.4 Å². The summed E-state index contributed by atoms with van der Waals surface area (Å²) >= 11 is 0. The largest absolute Gasteiger partial charge is 0.421 e. The fourth-order valence-electron chi connectivity index (χ4n) is 1.75. The van der Waals surface area contributed by atoms with Crippen molar-refractivity contribution in [3.8, 4) is 5.75 Å². The number of hydrogen-bond donors (Lipinski definition) is 1. The van der Waals surface area contributed by atoms with E-state index in [1.807, 2.05) is 18.3 Å². The molecule has 0 spiro atoms. The van der Waals surface area contributed by atoms with Crippen molar-refractivity contribution in [2.45, 2.75) is 0 Å². The fourth-order valence-corrected chi connectivity index (χ4v) is 1.75. The molecule has 0 saturated carbocycles. The molecule has 4 nitrogen and oxygen atoms in total. The first-order valence-electron chi connectivity index (χ1n) is 5.52. The number of benzene rings is 1. The number of carbonyl (C=O) groups excluding carboxylic acids is 1. The lowest BCUT2D eigenvalue weighted by molar-refractivity contribution is 0.0734. The van der Waals surface area contributed by atoms with Gasteiger partial charge in [0.25, 0.3) is 0 Å². The van der Waals surface area contributed by atoms with E-state index < -0.39 is 0 Å². The van der Waals surface area contributed by atoms with Crippen molar-refractivity contribution in [3.63, 3.8) is 0 Å². The van der Waals surface area contributed by atoms with Crippen LogP contribution in [0.4, 0.5) is 0 Å². The Balaban J connectivity index is 1.87. The van der Waals surface area contributed by atoms with Gasteiger partial charge in [0.05, 0.1) is 11.8 Å². The Bertz CT molecular complexity index is 689. The molecule has 0 fully saturated rings. The Morgan fingerprint density at radius 3 is 3.00 bits per heavy atom. The summed E-state index contributed by atoms with van der Waals surface area (Å²) in [6, 6.07) is 10.7. The molecule has 2 heterocycles. The highest BCUT2D eigenvalue weighted by molar-refractivity contribution is 5.95. The lowest BCUT2D eigenvalue weighted by Gasteiger charge is -2.03. The van der Waals surface area contributed by atoms with Gasteiger partial charge in [-0.15, -0.1) is 0 Å². The van der Waals surface area contributed by atoms with Gasteiger partial charge >= 0.3 is 5.97 Å². The molecule has 1 aromatic carbocycles. The molecule has 4 heteroatoms. The van der Waals surface area contributed by atoms with Crippen molar-refractivity contribution in [3.05, 3.63) is 60.6 Å². The molecular formula is C14H10N2O2. The van der Waals surface area contributed by atoms with E-state index in [4.69, 9.17) is 4.74 Å². The highest BCUT2D eigenvalue weighted by Crippen LogP contribution is 2.16. The minimum absolute atomic E-state index is 0.383. The Labute approximate surface area is 103 Å². The van der Waals surface area contributed by atoms with Gasteiger partial charge in [-0.25, -0.2) is 4.79 Å². The lowest BCUT2D eigenvalue weighted by Crippen LogP contribution is -2.08. The summed E-state index contributed by atoms with van der Waals surface area (Å²) in [5, 5.41) is 0.982. The predicted octanol–water partition coefficient (Wildman–Crippen LogP) is 2.78. The number of ether oxygens (including phenoxy) is 1. The molecule has 0 aliphatic carbocycles. The molecule has 0 saturated heterocycles. The van der Waals surface area contributed by atoms with Gasteiger partial charge in [0, 0.05) is 23.3 Å². The van der Waals surface area contributed by atoms with Gasteiger partial charge in [-0.05, 0) is 36.4 Å². The molecule has 3 aromatic rings. The first-order valence-corrected chi connectivity index (χ1v) is 5.52. The maximum absolute atomic E-state index is 11.9. The molecule has 0 radical (unpaired) electrons. The number of carbonyl (C=O) groups is 1. The van der Waals surface area contributed by atoms with E-state index in [9.17, 15) is 4.79 Å². The standard InChI is InChI=1S/C14H10N2O2/c17-14(18-12-2-1-6-15-9-12)11-3-4-13-10(8-11)5-7-16-13/h1-9,16H. The van der Waals surface area contributed by atoms with E-state index in [-0.39, 0.29) is 5.97 Å². The number of pyridine rings is 1. The minimum atomic E-state index is -0.383. The summed E-state index contributed by atoms with van der Waals surface area (Å²) in [6.45, 7) is 0. The Morgan fingerprint density at radius 1 is 1.22 bits per heavy atom. The third-order valence-electron chi connectivity index (χ3n) is 2.63. The van der Waals surface area contributed by atoms with Crippen LogP contribution in [-0.4, -0.2) is 15.9 Å². The summed E-state index contributed by atoms with van der Waals surface area (Å²) in [6.07, 6.45) is 4.97. The van der Waals surface area contributed by atoms with E-state index in [0.29, 0.717) is 11.3 Å².